The van der Waals surface area contributed by atoms with Gasteiger partial charge in [-0.3, -0.25) is 14.4 Å². The highest BCUT2D eigenvalue weighted by atomic mass is 16.5. The average Bonchev–Trinajstić information content (AvgIpc) is 3.04. The molecule has 2 N–H and O–H groups in total. The Morgan fingerprint density at radius 1 is 1.22 bits per heavy atom. The number of Topliss-reactive ketones (excluding diaryl/α,β-unsaturated/α-hetero) is 1. The van der Waals surface area contributed by atoms with Gasteiger partial charge < -0.3 is 24.4 Å². The van der Waals surface area contributed by atoms with E-state index in [4.69, 9.17) is 14.0 Å². The molecule has 1 aromatic heterocycles. The molecule has 0 unspecified atom stereocenters. The zero-order valence-corrected chi connectivity index (χ0v) is 15.0. The molecule has 0 bridgehead atoms. The fraction of sp³-hybridized carbons (Fsp3) is 0.333. The molecule has 1 heterocycles. The first-order valence-corrected chi connectivity index (χ1v) is 8.27. The van der Waals surface area contributed by atoms with Crippen LogP contribution in [0.5, 0.6) is 11.5 Å². The van der Waals surface area contributed by atoms with Crippen molar-refractivity contribution >= 4 is 23.5 Å². The monoisotopic (exact) mass is 376 g/mol. The first kappa shape index (κ1) is 20.0. The van der Waals surface area contributed by atoms with Gasteiger partial charge in [-0.05, 0) is 32.0 Å². The van der Waals surface area contributed by atoms with E-state index >= 15 is 0 Å². The molecule has 9 heteroatoms. The minimum absolute atomic E-state index is 0.0684. The number of hydrogen-bond donors (Lipinski definition) is 2. The van der Waals surface area contributed by atoms with E-state index in [-0.39, 0.29) is 35.9 Å². The summed E-state index contributed by atoms with van der Waals surface area (Å²) in [5, 5.41) is 15.6. The minimum atomic E-state index is -0.682. The summed E-state index contributed by atoms with van der Waals surface area (Å²) in [6, 6.07) is 5.73. The van der Waals surface area contributed by atoms with Gasteiger partial charge in [0.25, 0.3) is 5.91 Å². The maximum Gasteiger partial charge on any atom is 0.306 e. The highest BCUT2D eigenvalue weighted by Crippen LogP contribution is 2.27. The molecular formula is C18H20N2O7. The lowest BCUT2D eigenvalue weighted by molar-refractivity contribution is -0.147. The summed E-state index contributed by atoms with van der Waals surface area (Å²) in [4.78, 5) is 35.5. The van der Waals surface area contributed by atoms with Crippen LogP contribution in [-0.4, -0.2) is 41.1 Å². The summed E-state index contributed by atoms with van der Waals surface area (Å²) in [5.74, 6) is -0.674. The Morgan fingerprint density at radius 3 is 2.67 bits per heavy atom. The van der Waals surface area contributed by atoms with Gasteiger partial charge in [-0.1, -0.05) is 5.16 Å². The third-order valence-corrected chi connectivity index (χ3v) is 3.40. The van der Waals surface area contributed by atoms with Crippen molar-refractivity contribution in [2.24, 2.45) is 0 Å². The Balaban J connectivity index is 1.77. The van der Waals surface area contributed by atoms with Crippen LogP contribution in [0, 0.1) is 6.92 Å². The smallest absolute Gasteiger partial charge is 0.306 e. The third-order valence-electron chi connectivity index (χ3n) is 3.40. The second-order valence-electron chi connectivity index (χ2n) is 5.57. The topological polar surface area (TPSA) is 128 Å². The van der Waals surface area contributed by atoms with Gasteiger partial charge in [-0.25, -0.2) is 0 Å². The van der Waals surface area contributed by atoms with Gasteiger partial charge >= 0.3 is 5.97 Å². The Morgan fingerprint density at radius 2 is 2.00 bits per heavy atom. The minimum Gasteiger partial charge on any atom is -0.504 e. The molecule has 1 amide bonds. The fourth-order valence-electron chi connectivity index (χ4n) is 2.14. The number of benzene rings is 1. The molecule has 2 aromatic rings. The van der Waals surface area contributed by atoms with E-state index in [0.29, 0.717) is 17.9 Å². The second-order valence-corrected chi connectivity index (χ2v) is 5.57. The molecule has 0 fully saturated rings. The van der Waals surface area contributed by atoms with Crippen LogP contribution in [0.1, 0.15) is 35.9 Å². The van der Waals surface area contributed by atoms with Crippen LogP contribution in [-0.2, 0) is 14.3 Å². The number of aromatic hydroxyl groups is 1. The zero-order valence-electron chi connectivity index (χ0n) is 15.0. The molecule has 0 saturated carbocycles. The van der Waals surface area contributed by atoms with E-state index in [1.165, 1.54) is 24.3 Å². The van der Waals surface area contributed by atoms with Gasteiger partial charge in [0.15, 0.2) is 29.7 Å². The number of aryl methyl sites for hydroxylation is 1. The van der Waals surface area contributed by atoms with Gasteiger partial charge in [0.05, 0.1) is 13.0 Å². The zero-order chi connectivity index (χ0) is 19.8. The van der Waals surface area contributed by atoms with E-state index in [1.807, 2.05) is 0 Å². The van der Waals surface area contributed by atoms with Crippen molar-refractivity contribution < 1.29 is 33.5 Å². The summed E-state index contributed by atoms with van der Waals surface area (Å²) in [6.45, 7) is 3.27. The summed E-state index contributed by atoms with van der Waals surface area (Å²) in [5.41, 5.74) is 0.309. The molecule has 0 aliphatic carbocycles. The summed E-state index contributed by atoms with van der Waals surface area (Å²) in [6.07, 6.45) is -0.278. The molecule has 144 valence electrons. The molecular weight excluding hydrogens is 356 g/mol. The van der Waals surface area contributed by atoms with Gasteiger partial charge in [-0.2, -0.15) is 0 Å². The average molecular weight is 376 g/mol. The number of phenols is 1. The number of hydrogen-bond acceptors (Lipinski definition) is 8. The van der Waals surface area contributed by atoms with Crippen LogP contribution in [0.15, 0.2) is 28.8 Å². The highest BCUT2D eigenvalue weighted by molar-refractivity contribution is 5.98. The van der Waals surface area contributed by atoms with Crippen LogP contribution in [0.25, 0.3) is 0 Å². The Hall–Kier alpha value is -3.36. The normalized spacial score (nSPS) is 10.3. The maximum absolute atomic E-state index is 12.2. The predicted molar refractivity (Wildman–Crippen MR) is 93.7 cm³/mol. The van der Waals surface area contributed by atoms with Crippen molar-refractivity contribution in [1.29, 1.82) is 0 Å². The Bertz CT molecular complexity index is 829. The Kier molecular flexibility index (Phi) is 6.93. The number of nitrogens with zero attached hydrogens (tertiary/aromatic N) is 1. The molecule has 0 aliphatic heterocycles. The van der Waals surface area contributed by atoms with E-state index in [2.05, 4.69) is 10.5 Å². The fourth-order valence-corrected chi connectivity index (χ4v) is 2.14. The largest absolute Gasteiger partial charge is 0.504 e. The van der Waals surface area contributed by atoms with E-state index < -0.39 is 18.5 Å². The Labute approximate surface area is 155 Å². The number of carbonyl (C=O) groups is 3. The molecule has 0 atom stereocenters. The molecule has 27 heavy (non-hydrogen) atoms. The summed E-state index contributed by atoms with van der Waals surface area (Å²) < 4.78 is 14.8. The van der Waals surface area contributed by atoms with Gasteiger partial charge in [0.2, 0.25) is 0 Å². The van der Waals surface area contributed by atoms with Crippen LogP contribution in [0.4, 0.5) is 5.82 Å². The molecule has 0 radical (unpaired) electrons. The van der Waals surface area contributed by atoms with Crippen molar-refractivity contribution in [1.82, 2.24) is 5.16 Å². The number of esters is 1. The van der Waals surface area contributed by atoms with Crippen molar-refractivity contribution in [3.63, 3.8) is 0 Å². The lowest BCUT2D eigenvalue weighted by atomic mass is 10.1. The van der Waals surface area contributed by atoms with E-state index in [1.54, 1.807) is 13.8 Å². The van der Waals surface area contributed by atoms with Crippen LogP contribution >= 0.6 is 0 Å². The lowest BCUT2D eigenvalue weighted by Gasteiger charge is -2.08. The highest BCUT2D eigenvalue weighted by Gasteiger charge is 2.14. The molecule has 0 aliphatic rings. The van der Waals surface area contributed by atoms with Gasteiger partial charge in [0, 0.05) is 18.1 Å². The number of carbonyl (C=O) groups excluding carboxylic acids is 3. The molecule has 2 rings (SSSR count). The van der Waals surface area contributed by atoms with E-state index in [9.17, 15) is 19.5 Å². The SMILES string of the molecule is CCOc1cc(C(=O)CCC(=O)OCC(=O)Nc2cc(C)on2)ccc1O. The number of amides is 1. The number of nitrogens with one attached hydrogen (secondary N) is 1. The molecule has 1 aromatic carbocycles. The third kappa shape index (κ3) is 6.14. The summed E-state index contributed by atoms with van der Waals surface area (Å²) in [7, 11) is 0. The van der Waals surface area contributed by atoms with Crippen LogP contribution in [0.3, 0.4) is 0 Å². The van der Waals surface area contributed by atoms with Crippen molar-refractivity contribution in [3.05, 3.63) is 35.6 Å². The molecule has 0 saturated heterocycles. The quantitative estimate of drug-likeness (QED) is 0.504. The molecule has 9 nitrogen and oxygen atoms in total. The standard InChI is InChI=1S/C18H20N2O7/c1-3-25-15-9-12(4-5-14(15)22)13(21)6-7-18(24)26-10-17(23)19-16-8-11(2)27-20-16/h4-5,8-9,22H,3,6-7,10H2,1-2H3,(H,19,20,23). The number of aromatic nitrogens is 1. The van der Waals surface area contributed by atoms with Crippen molar-refractivity contribution in [2.75, 3.05) is 18.5 Å². The molecule has 0 spiro atoms. The van der Waals surface area contributed by atoms with Crippen LogP contribution in [0.2, 0.25) is 0 Å². The van der Waals surface area contributed by atoms with Gasteiger partial charge in [0.1, 0.15) is 5.76 Å². The maximum atomic E-state index is 12.2. The number of ketones is 1. The predicted octanol–water partition coefficient (Wildman–Crippen LogP) is 2.23. The second kappa shape index (κ2) is 9.37. The van der Waals surface area contributed by atoms with E-state index in [0.717, 1.165) is 0 Å². The van der Waals surface area contributed by atoms with Crippen LogP contribution < -0.4 is 10.1 Å². The first-order valence-electron chi connectivity index (χ1n) is 8.27. The lowest BCUT2D eigenvalue weighted by Crippen LogP contribution is -2.21. The number of anilines is 1. The number of rotatable bonds is 9. The summed E-state index contributed by atoms with van der Waals surface area (Å²) >= 11 is 0. The van der Waals surface area contributed by atoms with Gasteiger partial charge in [-0.15, -0.1) is 0 Å². The van der Waals surface area contributed by atoms with Crippen molar-refractivity contribution in [2.45, 2.75) is 26.7 Å². The van der Waals surface area contributed by atoms with Crippen molar-refractivity contribution in [3.8, 4) is 11.5 Å². The first-order chi connectivity index (χ1) is 12.9. The number of ether oxygens (including phenoxy) is 2. The number of phenolic OH excluding ortho intramolecular Hbond substituents is 1.